The molecule has 1 heterocycles. The molecule has 0 aliphatic heterocycles. The molecule has 2 N–H and O–H groups in total. The molecule has 0 fully saturated rings. The molecule has 2 amide bonds. The van der Waals surface area contributed by atoms with Gasteiger partial charge < -0.3 is 19.8 Å². The predicted molar refractivity (Wildman–Crippen MR) is 119 cm³/mol. The fourth-order valence-electron chi connectivity index (χ4n) is 3.07. The van der Waals surface area contributed by atoms with Crippen molar-refractivity contribution in [1.82, 2.24) is 5.32 Å². The standard InChI is InChI=1S/C23H23BrN2O4/c1-14-10-15(2)22(16(3)11-14)26-21(27)12-25-23(28)20-9-8-19(30-20)13-29-18-6-4-17(24)5-7-18/h4-11H,12-13H2,1-3H3,(H,25,28)(H,26,27). The first-order chi connectivity index (χ1) is 14.3. The van der Waals surface area contributed by atoms with Crippen LogP contribution in [0.2, 0.25) is 0 Å². The minimum Gasteiger partial charge on any atom is -0.486 e. The van der Waals surface area contributed by atoms with E-state index in [1.807, 2.05) is 57.2 Å². The number of halogens is 1. The van der Waals surface area contributed by atoms with E-state index >= 15 is 0 Å². The van der Waals surface area contributed by atoms with Crippen molar-refractivity contribution >= 4 is 33.4 Å². The van der Waals surface area contributed by atoms with Gasteiger partial charge in [0, 0.05) is 10.2 Å². The summed E-state index contributed by atoms with van der Waals surface area (Å²) in [6.07, 6.45) is 0. The van der Waals surface area contributed by atoms with Gasteiger partial charge in [-0.15, -0.1) is 0 Å². The monoisotopic (exact) mass is 470 g/mol. The van der Waals surface area contributed by atoms with E-state index in [4.69, 9.17) is 9.15 Å². The third kappa shape index (κ3) is 5.73. The quantitative estimate of drug-likeness (QED) is 0.513. The first-order valence-electron chi connectivity index (χ1n) is 9.45. The Morgan fingerprint density at radius 1 is 1.00 bits per heavy atom. The van der Waals surface area contributed by atoms with E-state index in [0.29, 0.717) is 11.5 Å². The van der Waals surface area contributed by atoms with E-state index in [2.05, 4.69) is 26.6 Å². The zero-order chi connectivity index (χ0) is 21.7. The fraction of sp³-hybridized carbons (Fsp3) is 0.217. The highest BCUT2D eigenvalue weighted by atomic mass is 79.9. The van der Waals surface area contributed by atoms with Gasteiger partial charge in [-0.3, -0.25) is 9.59 Å². The topological polar surface area (TPSA) is 80.6 Å². The summed E-state index contributed by atoms with van der Waals surface area (Å²) >= 11 is 3.37. The summed E-state index contributed by atoms with van der Waals surface area (Å²) in [5.41, 5.74) is 3.86. The number of amides is 2. The molecular formula is C23H23BrN2O4. The van der Waals surface area contributed by atoms with Gasteiger partial charge >= 0.3 is 0 Å². The van der Waals surface area contributed by atoms with Crippen LogP contribution >= 0.6 is 15.9 Å². The number of furan rings is 1. The lowest BCUT2D eigenvalue weighted by Gasteiger charge is -2.13. The Hall–Kier alpha value is -3.06. The van der Waals surface area contributed by atoms with Gasteiger partial charge in [0.05, 0.1) is 6.54 Å². The van der Waals surface area contributed by atoms with Crippen LogP contribution in [-0.4, -0.2) is 18.4 Å². The van der Waals surface area contributed by atoms with Crippen LogP contribution in [0.15, 0.2) is 57.4 Å². The number of carbonyl (C=O) groups is 2. The number of carbonyl (C=O) groups excluding carboxylic acids is 2. The van der Waals surface area contributed by atoms with Crippen LogP contribution in [0.25, 0.3) is 0 Å². The van der Waals surface area contributed by atoms with Crippen LogP contribution in [-0.2, 0) is 11.4 Å². The average Bonchev–Trinajstić information content (AvgIpc) is 3.17. The largest absolute Gasteiger partial charge is 0.486 e. The van der Waals surface area contributed by atoms with Gasteiger partial charge in [0.25, 0.3) is 5.91 Å². The van der Waals surface area contributed by atoms with Crippen LogP contribution in [0, 0.1) is 20.8 Å². The summed E-state index contributed by atoms with van der Waals surface area (Å²) in [6, 6.07) is 14.6. The highest BCUT2D eigenvalue weighted by Crippen LogP contribution is 2.22. The fourth-order valence-corrected chi connectivity index (χ4v) is 3.34. The minimum absolute atomic E-state index is 0.125. The smallest absolute Gasteiger partial charge is 0.287 e. The lowest BCUT2D eigenvalue weighted by atomic mass is 10.1. The molecule has 7 heteroatoms. The minimum atomic E-state index is -0.461. The molecule has 0 spiro atoms. The third-order valence-electron chi connectivity index (χ3n) is 4.43. The Balaban J connectivity index is 1.50. The van der Waals surface area contributed by atoms with Gasteiger partial charge in [-0.25, -0.2) is 0 Å². The average molecular weight is 471 g/mol. The van der Waals surface area contributed by atoms with Crippen molar-refractivity contribution in [3.05, 3.63) is 81.2 Å². The van der Waals surface area contributed by atoms with E-state index in [1.54, 1.807) is 12.1 Å². The number of rotatable bonds is 7. The highest BCUT2D eigenvalue weighted by Gasteiger charge is 2.14. The molecule has 0 atom stereocenters. The van der Waals surface area contributed by atoms with Crippen molar-refractivity contribution < 1.29 is 18.7 Å². The summed E-state index contributed by atoms with van der Waals surface area (Å²) in [5.74, 6) is 0.568. The van der Waals surface area contributed by atoms with Crippen LogP contribution in [0.5, 0.6) is 5.75 Å². The number of hydrogen-bond acceptors (Lipinski definition) is 4. The Morgan fingerprint density at radius 2 is 1.67 bits per heavy atom. The van der Waals surface area contributed by atoms with E-state index in [1.165, 1.54) is 0 Å². The zero-order valence-electron chi connectivity index (χ0n) is 17.0. The Morgan fingerprint density at radius 3 is 2.33 bits per heavy atom. The summed E-state index contributed by atoms with van der Waals surface area (Å²) in [5, 5.41) is 5.42. The van der Waals surface area contributed by atoms with E-state index in [-0.39, 0.29) is 24.8 Å². The molecule has 1 aromatic heterocycles. The summed E-state index contributed by atoms with van der Waals surface area (Å²) in [4.78, 5) is 24.5. The van der Waals surface area contributed by atoms with E-state index < -0.39 is 5.91 Å². The molecule has 3 rings (SSSR count). The number of aryl methyl sites for hydroxylation is 3. The van der Waals surface area contributed by atoms with Gasteiger partial charge in [0.1, 0.15) is 18.1 Å². The molecule has 0 aliphatic rings. The van der Waals surface area contributed by atoms with Crippen molar-refractivity contribution in [2.24, 2.45) is 0 Å². The van der Waals surface area contributed by atoms with E-state index in [0.717, 1.165) is 26.9 Å². The maximum Gasteiger partial charge on any atom is 0.287 e. The second kappa shape index (κ2) is 9.63. The summed E-state index contributed by atoms with van der Waals surface area (Å²) in [6.45, 7) is 5.93. The molecule has 30 heavy (non-hydrogen) atoms. The normalized spacial score (nSPS) is 10.5. The lowest BCUT2D eigenvalue weighted by Crippen LogP contribution is -2.33. The molecule has 0 saturated carbocycles. The van der Waals surface area contributed by atoms with Gasteiger partial charge in [-0.05, 0) is 68.3 Å². The van der Waals surface area contributed by atoms with Crippen molar-refractivity contribution in [3.8, 4) is 5.75 Å². The van der Waals surface area contributed by atoms with Gasteiger partial charge in [0.2, 0.25) is 5.91 Å². The molecule has 156 valence electrons. The first kappa shape index (κ1) is 21.6. The number of ether oxygens (including phenoxy) is 1. The van der Waals surface area contributed by atoms with Crippen molar-refractivity contribution in [2.75, 3.05) is 11.9 Å². The molecule has 0 bridgehead atoms. The van der Waals surface area contributed by atoms with Crippen LogP contribution in [0.1, 0.15) is 33.0 Å². The third-order valence-corrected chi connectivity index (χ3v) is 4.96. The number of hydrogen-bond donors (Lipinski definition) is 2. The van der Waals surface area contributed by atoms with E-state index in [9.17, 15) is 9.59 Å². The second-order valence-electron chi connectivity index (χ2n) is 7.01. The number of nitrogens with one attached hydrogen (secondary N) is 2. The number of anilines is 1. The highest BCUT2D eigenvalue weighted by molar-refractivity contribution is 9.10. The SMILES string of the molecule is Cc1cc(C)c(NC(=O)CNC(=O)c2ccc(COc3ccc(Br)cc3)o2)c(C)c1. The van der Waals surface area contributed by atoms with Crippen molar-refractivity contribution in [1.29, 1.82) is 0 Å². The van der Waals surface area contributed by atoms with Crippen molar-refractivity contribution in [3.63, 3.8) is 0 Å². The van der Waals surface area contributed by atoms with Gasteiger partial charge in [-0.1, -0.05) is 33.6 Å². The summed E-state index contributed by atoms with van der Waals surface area (Å²) < 4.78 is 12.1. The predicted octanol–water partition coefficient (Wildman–Crippen LogP) is 4.91. The number of benzene rings is 2. The molecular weight excluding hydrogens is 448 g/mol. The molecule has 0 radical (unpaired) electrons. The van der Waals surface area contributed by atoms with Crippen molar-refractivity contribution in [2.45, 2.75) is 27.4 Å². The van der Waals surface area contributed by atoms with Crippen LogP contribution in [0.4, 0.5) is 5.69 Å². The Bertz CT molecular complexity index is 1030. The summed E-state index contributed by atoms with van der Waals surface area (Å²) in [7, 11) is 0. The molecule has 2 aromatic carbocycles. The first-order valence-corrected chi connectivity index (χ1v) is 10.2. The Labute approximate surface area is 183 Å². The molecule has 0 saturated heterocycles. The van der Waals surface area contributed by atoms with Crippen LogP contribution in [0.3, 0.4) is 0 Å². The second-order valence-corrected chi connectivity index (χ2v) is 7.93. The molecule has 3 aromatic rings. The molecule has 0 unspecified atom stereocenters. The maximum absolute atomic E-state index is 12.3. The Kier molecular flexibility index (Phi) is 6.95. The zero-order valence-corrected chi connectivity index (χ0v) is 18.6. The van der Waals surface area contributed by atoms with Gasteiger partial charge in [0.15, 0.2) is 5.76 Å². The van der Waals surface area contributed by atoms with Gasteiger partial charge in [-0.2, -0.15) is 0 Å². The lowest BCUT2D eigenvalue weighted by molar-refractivity contribution is -0.115. The maximum atomic E-state index is 12.3. The molecule has 6 nitrogen and oxygen atoms in total. The van der Waals surface area contributed by atoms with Crippen LogP contribution < -0.4 is 15.4 Å². The molecule has 0 aliphatic carbocycles.